The van der Waals surface area contributed by atoms with E-state index in [4.69, 9.17) is 9.47 Å². The Morgan fingerprint density at radius 3 is 2.89 bits per heavy atom. The molecule has 18 heavy (non-hydrogen) atoms. The maximum absolute atomic E-state index is 12.3. The summed E-state index contributed by atoms with van der Waals surface area (Å²) in [6.07, 6.45) is 0.994. The van der Waals surface area contributed by atoms with E-state index >= 15 is 0 Å². The summed E-state index contributed by atoms with van der Waals surface area (Å²) in [6, 6.07) is 5.48. The van der Waals surface area contributed by atoms with Gasteiger partial charge in [0.05, 0.1) is 23.8 Å². The second-order valence-electron chi connectivity index (χ2n) is 4.52. The lowest BCUT2D eigenvalue weighted by Crippen LogP contribution is -2.14. The minimum absolute atomic E-state index is 0.00940. The molecule has 1 heterocycles. The fraction of sp³-hybridized carbons (Fsp3) is 0.500. The first-order valence-electron chi connectivity index (χ1n) is 6.20. The van der Waals surface area contributed by atoms with E-state index in [1.165, 1.54) is 0 Å². The number of ether oxygens (including phenoxy) is 2. The third-order valence-electron chi connectivity index (χ3n) is 3.09. The lowest BCUT2D eigenvalue weighted by atomic mass is 9.95. The van der Waals surface area contributed by atoms with Gasteiger partial charge in [-0.25, -0.2) is 0 Å². The summed E-state index contributed by atoms with van der Waals surface area (Å²) < 4.78 is 11.7. The van der Waals surface area contributed by atoms with E-state index in [9.17, 15) is 4.79 Å². The molecule has 0 aromatic heterocycles. The average molecular weight is 313 g/mol. The van der Waals surface area contributed by atoms with E-state index in [2.05, 4.69) is 15.9 Å². The van der Waals surface area contributed by atoms with Crippen molar-refractivity contribution in [2.75, 3.05) is 13.2 Å². The molecule has 0 N–H and O–H groups in total. The van der Waals surface area contributed by atoms with Gasteiger partial charge in [-0.1, -0.05) is 0 Å². The van der Waals surface area contributed by atoms with Gasteiger partial charge in [-0.05, 0) is 54.4 Å². The molecule has 1 aromatic rings. The van der Waals surface area contributed by atoms with Gasteiger partial charge in [0.25, 0.3) is 0 Å². The lowest BCUT2D eigenvalue weighted by Gasteiger charge is -2.10. The lowest BCUT2D eigenvalue weighted by molar-refractivity contribution is 0.0877. The third kappa shape index (κ3) is 2.93. The highest BCUT2D eigenvalue weighted by atomic mass is 79.9. The topological polar surface area (TPSA) is 35.5 Å². The Balaban J connectivity index is 2.13. The molecule has 1 aromatic carbocycles. The smallest absolute Gasteiger partial charge is 0.168 e. The Morgan fingerprint density at radius 1 is 1.56 bits per heavy atom. The van der Waals surface area contributed by atoms with E-state index in [0.29, 0.717) is 18.8 Å². The normalized spacial score (nSPS) is 23.1. The molecule has 0 radical (unpaired) electrons. The third-order valence-corrected chi connectivity index (χ3v) is 3.71. The van der Waals surface area contributed by atoms with Gasteiger partial charge >= 0.3 is 0 Å². The molecule has 0 saturated carbocycles. The van der Waals surface area contributed by atoms with Gasteiger partial charge in [0.15, 0.2) is 5.78 Å². The van der Waals surface area contributed by atoms with Crippen LogP contribution in [-0.4, -0.2) is 25.1 Å². The molecule has 0 amide bonds. The van der Waals surface area contributed by atoms with Crippen molar-refractivity contribution in [1.29, 1.82) is 0 Å². The molecule has 2 atom stereocenters. The number of rotatable bonds is 4. The summed E-state index contributed by atoms with van der Waals surface area (Å²) in [7, 11) is 0. The first-order valence-corrected chi connectivity index (χ1v) is 6.99. The van der Waals surface area contributed by atoms with Gasteiger partial charge in [-0.3, -0.25) is 4.79 Å². The van der Waals surface area contributed by atoms with Crippen molar-refractivity contribution in [3.05, 3.63) is 28.2 Å². The summed E-state index contributed by atoms with van der Waals surface area (Å²) >= 11 is 3.43. The van der Waals surface area contributed by atoms with Crippen LogP contribution in [0.25, 0.3) is 0 Å². The number of halogens is 1. The van der Waals surface area contributed by atoms with Gasteiger partial charge < -0.3 is 9.47 Å². The summed E-state index contributed by atoms with van der Waals surface area (Å²) in [5.74, 6) is 0.915. The quantitative estimate of drug-likeness (QED) is 0.799. The van der Waals surface area contributed by atoms with Crippen molar-refractivity contribution in [3.63, 3.8) is 0 Å². The van der Waals surface area contributed by atoms with Crippen molar-refractivity contribution in [3.8, 4) is 5.75 Å². The molecule has 1 aliphatic heterocycles. The molecule has 0 spiro atoms. The Bertz CT molecular complexity index is 445. The van der Waals surface area contributed by atoms with Crippen LogP contribution in [0.15, 0.2) is 22.7 Å². The zero-order valence-electron chi connectivity index (χ0n) is 10.6. The fourth-order valence-electron chi connectivity index (χ4n) is 2.16. The van der Waals surface area contributed by atoms with Crippen molar-refractivity contribution in [2.24, 2.45) is 5.92 Å². The van der Waals surface area contributed by atoms with E-state index in [-0.39, 0.29) is 17.8 Å². The van der Waals surface area contributed by atoms with Crippen molar-refractivity contribution >= 4 is 21.7 Å². The monoisotopic (exact) mass is 312 g/mol. The minimum Gasteiger partial charge on any atom is -0.493 e. The Kier molecular flexibility index (Phi) is 4.40. The van der Waals surface area contributed by atoms with Gasteiger partial charge in [-0.2, -0.15) is 0 Å². The highest BCUT2D eigenvalue weighted by Gasteiger charge is 2.29. The van der Waals surface area contributed by atoms with Crippen LogP contribution in [-0.2, 0) is 4.74 Å². The number of Topliss-reactive ketones (excluding diaryl/α,β-unsaturated/α-hetero) is 1. The van der Waals surface area contributed by atoms with Crippen LogP contribution in [0.1, 0.15) is 30.6 Å². The maximum atomic E-state index is 12.3. The Labute approximate surface area is 116 Å². The molecule has 3 nitrogen and oxygen atoms in total. The molecule has 1 aliphatic rings. The molecule has 1 saturated heterocycles. The predicted molar refractivity (Wildman–Crippen MR) is 73.2 cm³/mol. The molecule has 2 unspecified atom stereocenters. The number of hydrogen-bond donors (Lipinski definition) is 0. The standard InChI is InChI=1S/C14H17BrO3/c1-3-17-13-5-4-10(7-12(13)15)14(16)11-6-9(2)18-8-11/h4-5,7,9,11H,3,6,8H2,1-2H3. The second kappa shape index (κ2) is 5.85. The summed E-state index contributed by atoms with van der Waals surface area (Å²) in [5.41, 5.74) is 0.716. The van der Waals surface area contributed by atoms with E-state index in [1.54, 1.807) is 0 Å². The van der Waals surface area contributed by atoms with Crippen LogP contribution in [0.4, 0.5) is 0 Å². The van der Waals surface area contributed by atoms with Crippen LogP contribution in [0.2, 0.25) is 0 Å². The zero-order valence-corrected chi connectivity index (χ0v) is 12.2. The molecule has 1 fully saturated rings. The Hall–Kier alpha value is -0.870. The maximum Gasteiger partial charge on any atom is 0.168 e. The van der Waals surface area contributed by atoms with E-state index in [0.717, 1.165) is 16.6 Å². The largest absolute Gasteiger partial charge is 0.493 e. The molecule has 4 heteroatoms. The van der Waals surface area contributed by atoms with Crippen molar-refractivity contribution < 1.29 is 14.3 Å². The van der Waals surface area contributed by atoms with Crippen molar-refractivity contribution in [2.45, 2.75) is 26.4 Å². The summed E-state index contributed by atoms with van der Waals surface area (Å²) in [5, 5.41) is 0. The number of ketones is 1. The number of benzene rings is 1. The zero-order chi connectivity index (χ0) is 13.1. The van der Waals surface area contributed by atoms with Gasteiger partial charge in [-0.15, -0.1) is 0 Å². The highest BCUT2D eigenvalue weighted by molar-refractivity contribution is 9.10. The average Bonchev–Trinajstić information content (AvgIpc) is 2.78. The highest BCUT2D eigenvalue weighted by Crippen LogP contribution is 2.29. The van der Waals surface area contributed by atoms with E-state index < -0.39 is 0 Å². The van der Waals surface area contributed by atoms with Gasteiger partial charge in [0.1, 0.15) is 5.75 Å². The van der Waals surface area contributed by atoms with Crippen molar-refractivity contribution in [1.82, 2.24) is 0 Å². The molecular weight excluding hydrogens is 296 g/mol. The number of carbonyl (C=O) groups excluding carboxylic acids is 1. The SMILES string of the molecule is CCOc1ccc(C(=O)C2COC(C)C2)cc1Br. The first-order chi connectivity index (χ1) is 8.61. The minimum atomic E-state index is -0.00940. The van der Waals surface area contributed by atoms with E-state index in [1.807, 2.05) is 32.0 Å². The Morgan fingerprint density at radius 2 is 2.33 bits per heavy atom. The van der Waals surface area contributed by atoms with Crippen LogP contribution in [0.3, 0.4) is 0 Å². The molecular formula is C14H17BrO3. The summed E-state index contributed by atoms with van der Waals surface area (Å²) in [6.45, 7) is 5.08. The van der Waals surface area contributed by atoms with Gasteiger partial charge in [0, 0.05) is 11.5 Å². The molecule has 0 bridgehead atoms. The summed E-state index contributed by atoms with van der Waals surface area (Å²) in [4.78, 5) is 12.3. The number of carbonyl (C=O) groups is 1. The van der Waals surface area contributed by atoms with Crippen LogP contribution >= 0.6 is 15.9 Å². The fourth-order valence-corrected chi connectivity index (χ4v) is 2.66. The molecule has 0 aliphatic carbocycles. The van der Waals surface area contributed by atoms with Crippen LogP contribution in [0, 0.1) is 5.92 Å². The van der Waals surface area contributed by atoms with Crippen LogP contribution in [0.5, 0.6) is 5.75 Å². The van der Waals surface area contributed by atoms with Gasteiger partial charge in [0.2, 0.25) is 0 Å². The molecule has 98 valence electrons. The van der Waals surface area contributed by atoms with Crippen LogP contribution < -0.4 is 4.74 Å². The molecule has 2 rings (SSSR count). The number of hydrogen-bond acceptors (Lipinski definition) is 3. The predicted octanol–water partition coefficient (Wildman–Crippen LogP) is 3.46. The second-order valence-corrected chi connectivity index (χ2v) is 5.37. The first kappa shape index (κ1) is 13.6.